The Hall–Kier alpha value is -0.410. The predicted molar refractivity (Wildman–Crippen MR) is 38.1 cm³/mol. The molecule has 4 heteroatoms. The fourth-order valence-corrected chi connectivity index (χ4v) is 1.11. The average molecular weight is 180 g/mol. The van der Waals surface area contributed by atoms with Crippen LogP contribution in [0.15, 0.2) is 16.7 Å². The summed E-state index contributed by atoms with van der Waals surface area (Å²) >= 11 is 5.90. The average Bonchev–Trinajstić information content (AvgIpc) is 2.36. The van der Waals surface area contributed by atoms with Gasteiger partial charge in [0.2, 0.25) is 5.29 Å². The number of hydrogen-bond donors (Lipinski definition) is 0. The number of rotatable bonds is 1. The van der Waals surface area contributed by atoms with Crippen LogP contribution in [0.1, 0.15) is 5.56 Å². The molecule has 0 atom stereocenters. The van der Waals surface area contributed by atoms with Gasteiger partial charge in [0, 0.05) is 5.56 Å². The van der Waals surface area contributed by atoms with Gasteiger partial charge >= 0.3 is 0 Å². The van der Waals surface area contributed by atoms with Crippen LogP contribution in [0, 0.1) is 5.38 Å². The summed E-state index contributed by atoms with van der Waals surface area (Å²) in [7, 11) is 0. The second-order valence-corrected chi connectivity index (χ2v) is 2.55. The molecule has 10 heavy (non-hydrogen) atoms. The van der Waals surface area contributed by atoms with Gasteiger partial charge in [0.1, 0.15) is 0 Å². The quantitative estimate of drug-likeness (QED) is 0.620. The summed E-state index contributed by atoms with van der Waals surface area (Å²) in [5, 5.41) is 2.77. The first-order valence-corrected chi connectivity index (χ1v) is 3.64. The zero-order valence-corrected chi connectivity index (χ0v) is 6.27. The molecule has 0 N–H and O–H groups in total. The molecule has 0 bridgehead atoms. The van der Waals surface area contributed by atoms with Gasteiger partial charge in [-0.15, -0.1) is 11.3 Å². The van der Waals surface area contributed by atoms with Crippen molar-refractivity contribution >= 4 is 28.8 Å². The van der Waals surface area contributed by atoms with E-state index in [1.54, 1.807) is 5.38 Å². The van der Waals surface area contributed by atoms with E-state index in [0.717, 1.165) is 11.3 Å². The third-order valence-corrected chi connectivity index (χ3v) is 1.65. The Kier molecular flexibility index (Phi) is 2.40. The maximum Gasteiger partial charge on any atom is 0.225 e. The molecule has 1 aromatic heterocycles. The Bertz CT molecular complexity index is 236. The lowest BCUT2D eigenvalue weighted by Crippen LogP contribution is -1.71. The number of thiophene rings is 1. The van der Waals surface area contributed by atoms with Gasteiger partial charge in [-0.25, -0.2) is 4.39 Å². The van der Waals surface area contributed by atoms with E-state index in [-0.39, 0.29) is 5.56 Å². The maximum atomic E-state index is 12.4. The Balaban J connectivity index is 2.99. The Morgan fingerprint density at radius 1 is 1.60 bits per heavy atom. The molecule has 0 spiro atoms. The van der Waals surface area contributed by atoms with Crippen LogP contribution in [0.25, 0.3) is 5.83 Å². The summed E-state index contributed by atoms with van der Waals surface area (Å²) in [5.41, 5.74) is 0.0671. The van der Waals surface area contributed by atoms with Crippen LogP contribution in [-0.4, -0.2) is 0 Å². The number of halogens is 3. The van der Waals surface area contributed by atoms with Crippen molar-refractivity contribution in [2.75, 3.05) is 0 Å². The lowest BCUT2D eigenvalue weighted by molar-refractivity contribution is 0.651. The van der Waals surface area contributed by atoms with Gasteiger partial charge in [-0.3, -0.25) is 0 Å². The summed E-state index contributed by atoms with van der Waals surface area (Å²) in [6.45, 7) is 0. The fraction of sp³-hybridized carbons (Fsp3) is 0. The molecule has 1 heterocycles. The molecule has 53 valence electrons. The van der Waals surface area contributed by atoms with Crippen molar-refractivity contribution in [1.82, 2.24) is 0 Å². The largest absolute Gasteiger partial charge is 0.225 e. The van der Waals surface area contributed by atoms with Crippen molar-refractivity contribution in [3.63, 3.8) is 0 Å². The highest BCUT2D eigenvalue weighted by atomic mass is 35.5. The topological polar surface area (TPSA) is 0 Å². The summed E-state index contributed by atoms with van der Waals surface area (Å²) < 4.78 is 24.4. The van der Waals surface area contributed by atoms with Crippen LogP contribution in [-0.2, 0) is 0 Å². The minimum atomic E-state index is -1.32. The molecule has 1 rings (SSSR count). The highest BCUT2D eigenvalue weighted by Crippen LogP contribution is 2.24. The SMILES string of the molecule is FC(Cl)=C(F)c1[c]scc1. The third-order valence-electron chi connectivity index (χ3n) is 0.874. The first-order chi connectivity index (χ1) is 4.72. The molecule has 0 aliphatic carbocycles. The molecule has 0 fully saturated rings. The van der Waals surface area contributed by atoms with Crippen LogP contribution in [0.3, 0.4) is 0 Å². The maximum absolute atomic E-state index is 12.4. The molecular formula is C6H2ClF2S. The van der Waals surface area contributed by atoms with E-state index in [0.29, 0.717) is 0 Å². The van der Waals surface area contributed by atoms with E-state index >= 15 is 0 Å². The molecular weight excluding hydrogens is 178 g/mol. The smallest absolute Gasteiger partial charge is 0.202 e. The van der Waals surface area contributed by atoms with Crippen LogP contribution in [0.4, 0.5) is 8.78 Å². The standard InChI is InChI=1S/C6H2ClF2S/c7-6(9)5(8)4-1-2-10-3-4/h1-2H. The molecule has 1 aromatic rings. The molecule has 0 saturated heterocycles. The van der Waals surface area contributed by atoms with Gasteiger partial charge in [-0.2, -0.15) is 4.39 Å². The van der Waals surface area contributed by atoms with Crippen LogP contribution >= 0.6 is 22.9 Å². The number of hydrogen-bond acceptors (Lipinski definition) is 1. The fourth-order valence-electron chi connectivity index (χ4n) is 0.453. The lowest BCUT2D eigenvalue weighted by atomic mass is 10.3. The van der Waals surface area contributed by atoms with Gasteiger partial charge in [0.25, 0.3) is 0 Å². The molecule has 0 unspecified atom stereocenters. The van der Waals surface area contributed by atoms with E-state index < -0.39 is 11.1 Å². The minimum Gasteiger partial charge on any atom is -0.202 e. The van der Waals surface area contributed by atoms with Crippen molar-refractivity contribution in [3.05, 3.63) is 27.7 Å². The molecule has 0 amide bonds. The summed E-state index contributed by atoms with van der Waals surface area (Å²) in [4.78, 5) is 0. The van der Waals surface area contributed by atoms with E-state index in [1.165, 1.54) is 6.07 Å². The Morgan fingerprint density at radius 3 is 2.70 bits per heavy atom. The molecule has 0 nitrogen and oxygen atoms in total. The highest BCUT2D eigenvalue weighted by Gasteiger charge is 2.06. The molecule has 1 radical (unpaired) electrons. The molecule has 0 aliphatic heterocycles. The second kappa shape index (κ2) is 3.12. The Morgan fingerprint density at radius 2 is 2.30 bits per heavy atom. The van der Waals surface area contributed by atoms with Gasteiger partial charge in [0.15, 0.2) is 5.83 Å². The van der Waals surface area contributed by atoms with Gasteiger partial charge < -0.3 is 0 Å². The van der Waals surface area contributed by atoms with Crippen molar-refractivity contribution in [2.24, 2.45) is 0 Å². The summed E-state index contributed by atoms with van der Waals surface area (Å²) in [6.07, 6.45) is 0. The van der Waals surface area contributed by atoms with Crippen molar-refractivity contribution < 1.29 is 8.78 Å². The highest BCUT2D eigenvalue weighted by molar-refractivity contribution is 7.07. The van der Waals surface area contributed by atoms with E-state index in [4.69, 9.17) is 11.6 Å². The monoisotopic (exact) mass is 179 g/mol. The zero-order chi connectivity index (χ0) is 7.56. The van der Waals surface area contributed by atoms with Crippen molar-refractivity contribution in [3.8, 4) is 0 Å². The van der Waals surface area contributed by atoms with E-state index in [2.05, 4.69) is 5.38 Å². The molecule has 0 aromatic carbocycles. The van der Waals surface area contributed by atoms with E-state index in [9.17, 15) is 8.78 Å². The molecule has 0 aliphatic rings. The first kappa shape index (κ1) is 7.69. The zero-order valence-electron chi connectivity index (χ0n) is 4.70. The summed E-state index contributed by atoms with van der Waals surface area (Å²) in [6, 6.07) is 1.40. The third kappa shape index (κ3) is 1.55. The predicted octanol–water partition coefficient (Wildman–Crippen LogP) is 3.35. The summed E-state index contributed by atoms with van der Waals surface area (Å²) in [5.74, 6) is -1.05. The van der Waals surface area contributed by atoms with Gasteiger partial charge in [-0.05, 0) is 23.0 Å². The second-order valence-electron chi connectivity index (χ2n) is 1.51. The van der Waals surface area contributed by atoms with Crippen LogP contribution < -0.4 is 0 Å². The minimum absolute atomic E-state index is 0.0671. The van der Waals surface area contributed by atoms with Gasteiger partial charge in [-0.1, -0.05) is 0 Å². The van der Waals surface area contributed by atoms with Crippen molar-refractivity contribution in [1.29, 1.82) is 0 Å². The van der Waals surface area contributed by atoms with Crippen LogP contribution in [0.2, 0.25) is 0 Å². The van der Waals surface area contributed by atoms with Gasteiger partial charge in [0.05, 0.1) is 5.38 Å². The van der Waals surface area contributed by atoms with Crippen LogP contribution in [0.5, 0.6) is 0 Å². The molecule has 0 saturated carbocycles. The lowest BCUT2D eigenvalue weighted by Gasteiger charge is -1.87. The Labute approximate surface area is 65.7 Å². The van der Waals surface area contributed by atoms with E-state index in [1.807, 2.05) is 0 Å². The normalized spacial score (nSPS) is 13.1. The van der Waals surface area contributed by atoms with Crippen molar-refractivity contribution in [2.45, 2.75) is 0 Å². The first-order valence-electron chi connectivity index (χ1n) is 2.38.